The van der Waals surface area contributed by atoms with Gasteiger partial charge in [-0.05, 0) is 18.1 Å². The summed E-state index contributed by atoms with van der Waals surface area (Å²) in [4.78, 5) is 0. The molecule has 0 aromatic heterocycles. The van der Waals surface area contributed by atoms with Crippen molar-refractivity contribution in [3.8, 4) is 11.7 Å². The zero-order chi connectivity index (χ0) is 5.82. The molecule has 1 heteroatoms. The Hall–Kier alpha value is -0.0900. The van der Waals surface area contributed by atoms with Crippen molar-refractivity contribution in [1.29, 1.82) is 0 Å². The summed E-state index contributed by atoms with van der Waals surface area (Å²) in [7, 11) is 0. The minimum absolute atomic E-state index is 0.792. The number of thioether (sulfide) groups is 1. The van der Waals surface area contributed by atoms with E-state index in [1.54, 1.807) is 11.8 Å². The van der Waals surface area contributed by atoms with Gasteiger partial charge in [0.1, 0.15) is 0 Å². The Morgan fingerprint density at radius 2 is 2.00 bits per heavy atom. The molecule has 0 N–H and O–H groups in total. The van der Waals surface area contributed by atoms with Crippen molar-refractivity contribution in [3.63, 3.8) is 0 Å². The largest absolute Gasteiger partial charge is 0.108 e. The molecular weight excluding hydrogens is 116 g/mol. The molecule has 1 rings (SSSR count). The third-order valence-electron chi connectivity index (χ3n) is 1.54. The molecule has 0 aliphatic heterocycles. The second-order valence-electron chi connectivity index (χ2n) is 2.14. The fourth-order valence-corrected chi connectivity index (χ4v) is 1.86. The van der Waals surface area contributed by atoms with Crippen molar-refractivity contribution in [3.05, 3.63) is 0 Å². The highest BCUT2D eigenvalue weighted by atomic mass is 32.2. The Kier molecular flexibility index (Phi) is 2.29. The van der Waals surface area contributed by atoms with Crippen LogP contribution in [0.15, 0.2) is 0 Å². The van der Waals surface area contributed by atoms with Crippen molar-refractivity contribution in [1.82, 2.24) is 0 Å². The molecule has 0 aromatic rings. The SMILES string of the molecule is C#CSC1CCCC1. The first-order chi connectivity index (χ1) is 3.93. The Balaban J connectivity index is 2.17. The summed E-state index contributed by atoms with van der Waals surface area (Å²) in [5.74, 6) is 0. The smallest absolute Gasteiger partial charge is 0.0171 e. The second kappa shape index (κ2) is 3.04. The monoisotopic (exact) mass is 126 g/mol. The highest BCUT2D eigenvalue weighted by Crippen LogP contribution is 2.28. The Labute approximate surface area is 55.0 Å². The van der Waals surface area contributed by atoms with Gasteiger partial charge in [-0.15, -0.1) is 6.42 Å². The van der Waals surface area contributed by atoms with E-state index < -0.39 is 0 Å². The molecular formula is C7H10S. The molecule has 0 radical (unpaired) electrons. The lowest BCUT2D eigenvalue weighted by atomic mass is 10.4. The number of terminal acetylenes is 1. The van der Waals surface area contributed by atoms with Gasteiger partial charge in [0.25, 0.3) is 0 Å². The molecule has 1 fully saturated rings. The Morgan fingerprint density at radius 3 is 2.50 bits per heavy atom. The van der Waals surface area contributed by atoms with Gasteiger partial charge in [0.05, 0.1) is 0 Å². The van der Waals surface area contributed by atoms with Crippen molar-refractivity contribution < 1.29 is 0 Å². The van der Waals surface area contributed by atoms with Crippen LogP contribution in [0.3, 0.4) is 0 Å². The number of rotatable bonds is 1. The van der Waals surface area contributed by atoms with Crippen LogP contribution in [0, 0.1) is 11.7 Å². The summed E-state index contributed by atoms with van der Waals surface area (Å²) in [6.45, 7) is 0. The van der Waals surface area contributed by atoms with E-state index in [4.69, 9.17) is 6.42 Å². The number of hydrogen-bond donors (Lipinski definition) is 0. The van der Waals surface area contributed by atoms with Gasteiger partial charge in [-0.3, -0.25) is 0 Å². The second-order valence-corrected chi connectivity index (χ2v) is 3.28. The molecule has 0 aromatic carbocycles. The standard InChI is InChI=1S/C7H10S/c1-2-8-7-5-3-4-6-7/h1,7H,3-6H2. The molecule has 0 atom stereocenters. The summed E-state index contributed by atoms with van der Waals surface area (Å²) in [5.41, 5.74) is 0. The molecule has 0 unspecified atom stereocenters. The minimum atomic E-state index is 0.792. The van der Waals surface area contributed by atoms with Gasteiger partial charge in [0.15, 0.2) is 0 Å². The molecule has 8 heavy (non-hydrogen) atoms. The Morgan fingerprint density at radius 1 is 1.38 bits per heavy atom. The molecule has 44 valence electrons. The van der Waals surface area contributed by atoms with Crippen molar-refractivity contribution in [2.45, 2.75) is 30.9 Å². The van der Waals surface area contributed by atoms with E-state index in [9.17, 15) is 0 Å². The summed E-state index contributed by atoms with van der Waals surface area (Å²) in [5, 5.41) is 3.42. The lowest BCUT2D eigenvalue weighted by molar-refractivity contribution is 0.886. The average Bonchev–Trinajstić information content (AvgIpc) is 2.19. The van der Waals surface area contributed by atoms with Crippen molar-refractivity contribution >= 4 is 11.8 Å². The van der Waals surface area contributed by atoms with E-state index >= 15 is 0 Å². The summed E-state index contributed by atoms with van der Waals surface area (Å²) >= 11 is 1.67. The molecule has 1 saturated carbocycles. The maximum Gasteiger partial charge on any atom is 0.0171 e. The van der Waals surface area contributed by atoms with E-state index in [2.05, 4.69) is 5.25 Å². The van der Waals surface area contributed by atoms with Gasteiger partial charge in [-0.1, -0.05) is 24.6 Å². The van der Waals surface area contributed by atoms with Gasteiger partial charge in [-0.2, -0.15) is 0 Å². The van der Waals surface area contributed by atoms with Crippen LogP contribution in [0.1, 0.15) is 25.7 Å². The third-order valence-corrected chi connectivity index (χ3v) is 2.48. The lowest BCUT2D eigenvalue weighted by Gasteiger charge is -1.98. The lowest BCUT2D eigenvalue weighted by Crippen LogP contribution is -1.89. The van der Waals surface area contributed by atoms with Crippen LogP contribution in [0.5, 0.6) is 0 Å². The maximum atomic E-state index is 5.12. The molecule has 0 saturated heterocycles. The first-order valence-corrected chi connectivity index (χ1v) is 3.92. The molecule has 1 aliphatic carbocycles. The molecule has 0 spiro atoms. The molecule has 0 heterocycles. The van der Waals surface area contributed by atoms with Gasteiger partial charge in [-0.25, -0.2) is 0 Å². The van der Waals surface area contributed by atoms with Crippen LogP contribution in [-0.2, 0) is 0 Å². The maximum absolute atomic E-state index is 5.12. The first kappa shape index (κ1) is 6.04. The van der Waals surface area contributed by atoms with Crippen molar-refractivity contribution in [2.75, 3.05) is 0 Å². The summed E-state index contributed by atoms with van der Waals surface area (Å²) in [6, 6.07) is 0. The van der Waals surface area contributed by atoms with Crippen LogP contribution in [0.4, 0.5) is 0 Å². The molecule has 0 bridgehead atoms. The van der Waals surface area contributed by atoms with Gasteiger partial charge in [0, 0.05) is 5.25 Å². The highest BCUT2D eigenvalue weighted by Gasteiger charge is 2.13. The minimum Gasteiger partial charge on any atom is -0.108 e. The predicted molar refractivity (Wildman–Crippen MR) is 38.7 cm³/mol. The predicted octanol–water partition coefficient (Wildman–Crippen LogP) is 2.25. The highest BCUT2D eigenvalue weighted by molar-refractivity contribution is 8.04. The van der Waals surface area contributed by atoms with Crippen LogP contribution < -0.4 is 0 Å². The Bertz CT molecular complexity index is 95.4. The fraction of sp³-hybridized carbons (Fsp3) is 0.714. The van der Waals surface area contributed by atoms with Crippen LogP contribution >= 0.6 is 11.8 Å². The van der Waals surface area contributed by atoms with Crippen molar-refractivity contribution in [2.24, 2.45) is 0 Å². The zero-order valence-electron chi connectivity index (χ0n) is 4.89. The summed E-state index contributed by atoms with van der Waals surface area (Å²) < 4.78 is 0. The normalized spacial score (nSPS) is 20.9. The van der Waals surface area contributed by atoms with E-state index in [1.807, 2.05) is 0 Å². The summed E-state index contributed by atoms with van der Waals surface area (Å²) in [6.07, 6.45) is 10.6. The first-order valence-electron chi connectivity index (χ1n) is 3.04. The molecule has 0 amide bonds. The van der Waals surface area contributed by atoms with Gasteiger partial charge >= 0.3 is 0 Å². The average molecular weight is 126 g/mol. The number of hydrogen-bond acceptors (Lipinski definition) is 1. The van der Waals surface area contributed by atoms with Crippen LogP contribution in [0.25, 0.3) is 0 Å². The van der Waals surface area contributed by atoms with E-state index in [-0.39, 0.29) is 0 Å². The topological polar surface area (TPSA) is 0 Å². The van der Waals surface area contributed by atoms with Gasteiger partial charge < -0.3 is 0 Å². The van der Waals surface area contributed by atoms with Gasteiger partial charge in [0.2, 0.25) is 0 Å². The zero-order valence-corrected chi connectivity index (χ0v) is 5.71. The van der Waals surface area contributed by atoms with E-state index in [0.717, 1.165) is 5.25 Å². The third kappa shape index (κ3) is 1.45. The van der Waals surface area contributed by atoms with Crippen LogP contribution in [0.2, 0.25) is 0 Å². The van der Waals surface area contributed by atoms with E-state index in [0.29, 0.717) is 0 Å². The fourth-order valence-electron chi connectivity index (χ4n) is 1.10. The van der Waals surface area contributed by atoms with E-state index in [1.165, 1.54) is 25.7 Å². The quantitative estimate of drug-likeness (QED) is 0.486. The molecule has 1 aliphatic rings. The molecule has 0 nitrogen and oxygen atoms in total. The van der Waals surface area contributed by atoms with Crippen LogP contribution in [-0.4, -0.2) is 5.25 Å².